The second-order valence-corrected chi connectivity index (χ2v) is 6.33. The quantitative estimate of drug-likeness (QED) is 0.0571. The lowest BCUT2D eigenvalue weighted by Crippen LogP contribution is -2.49. The topological polar surface area (TPSA) is 123 Å². The summed E-state index contributed by atoms with van der Waals surface area (Å²) in [5, 5.41) is 2.99. The summed E-state index contributed by atoms with van der Waals surface area (Å²) in [6, 6.07) is 3.50. The first-order valence-electron chi connectivity index (χ1n) is 9.24. The minimum atomic E-state index is -1.13. The van der Waals surface area contributed by atoms with E-state index in [0.717, 1.165) is 4.90 Å². The first kappa shape index (κ1) is 26.0. The van der Waals surface area contributed by atoms with Gasteiger partial charge < -0.3 is 14.8 Å². The molecular formula is C20H25N3O7S. The fraction of sp³-hybridized carbons (Fsp3) is 0.400. The standard InChI is InChI=1S/C20H25N3O7S/c1-4-8-21-10-15-6-7-18(30-14(3)25)16(9-15)19(26)23(13-29-22-12-24)17(11-31)20(27)28-5-2/h1,6-7,9,12,17,21,31H,5,8,10-11,13H2,2-3H3,(H,22,24). The molecule has 0 spiro atoms. The van der Waals surface area contributed by atoms with Gasteiger partial charge in [-0.2, -0.15) is 12.6 Å². The van der Waals surface area contributed by atoms with Crippen LogP contribution in [-0.2, 0) is 30.5 Å². The Kier molecular flexibility index (Phi) is 11.7. The van der Waals surface area contributed by atoms with Crippen molar-refractivity contribution in [2.45, 2.75) is 26.4 Å². The molecular weight excluding hydrogens is 426 g/mol. The number of nitrogens with one attached hydrogen (secondary N) is 2. The second-order valence-electron chi connectivity index (χ2n) is 5.97. The molecule has 0 saturated heterocycles. The van der Waals surface area contributed by atoms with E-state index in [4.69, 9.17) is 20.7 Å². The Hall–Kier alpha value is -3.07. The van der Waals surface area contributed by atoms with Crippen LogP contribution in [0.15, 0.2) is 18.2 Å². The number of amides is 2. The van der Waals surface area contributed by atoms with Crippen molar-refractivity contribution in [2.75, 3.05) is 25.6 Å². The van der Waals surface area contributed by atoms with Crippen molar-refractivity contribution in [1.29, 1.82) is 0 Å². The van der Waals surface area contributed by atoms with Gasteiger partial charge in [-0.05, 0) is 24.6 Å². The number of esters is 2. The van der Waals surface area contributed by atoms with Crippen molar-refractivity contribution in [3.8, 4) is 18.1 Å². The van der Waals surface area contributed by atoms with Crippen LogP contribution in [0.2, 0.25) is 0 Å². The maximum atomic E-state index is 13.4. The summed E-state index contributed by atoms with van der Waals surface area (Å²) >= 11 is 4.14. The third-order valence-electron chi connectivity index (χ3n) is 3.79. The highest BCUT2D eigenvalue weighted by molar-refractivity contribution is 7.80. The average molecular weight is 452 g/mol. The minimum absolute atomic E-state index is 0.000919. The summed E-state index contributed by atoms with van der Waals surface area (Å²) in [6.45, 7) is 3.09. The first-order valence-corrected chi connectivity index (χ1v) is 9.87. The number of thiol groups is 1. The highest BCUT2D eigenvalue weighted by atomic mass is 32.1. The predicted molar refractivity (Wildman–Crippen MR) is 114 cm³/mol. The van der Waals surface area contributed by atoms with Gasteiger partial charge in [-0.1, -0.05) is 12.0 Å². The Labute approximate surface area is 185 Å². The number of carbonyl (C=O) groups is 4. The van der Waals surface area contributed by atoms with Gasteiger partial charge in [-0.3, -0.25) is 24.1 Å². The molecule has 0 radical (unpaired) electrons. The van der Waals surface area contributed by atoms with Crippen LogP contribution in [0.4, 0.5) is 0 Å². The molecule has 1 rings (SSSR count). The van der Waals surface area contributed by atoms with Gasteiger partial charge in [0.1, 0.15) is 18.5 Å². The molecule has 1 unspecified atom stereocenters. The molecule has 2 N–H and O–H groups in total. The number of hydrogen-bond donors (Lipinski definition) is 3. The van der Waals surface area contributed by atoms with Crippen molar-refractivity contribution in [3.05, 3.63) is 29.3 Å². The van der Waals surface area contributed by atoms with E-state index in [0.29, 0.717) is 18.7 Å². The lowest BCUT2D eigenvalue weighted by molar-refractivity contribution is -0.151. The zero-order chi connectivity index (χ0) is 23.2. The van der Waals surface area contributed by atoms with E-state index in [1.807, 2.05) is 5.48 Å². The predicted octanol–water partition coefficient (Wildman–Crippen LogP) is 0.274. The van der Waals surface area contributed by atoms with E-state index in [1.54, 1.807) is 13.0 Å². The van der Waals surface area contributed by atoms with Crippen LogP contribution >= 0.6 is 12.6 Å². The molecule has 0 aliphatic heterocycles. The largest absolute Gasteiger partial charge is 0.464 e. The van der Waals surface area contributed by atoms with Crippen LogP contribution in [0.25, 0.3) is 0 Å². The molecule has 2 amide bonds. The molecule has 0 saturated carbocycles. The van der Waals surface area contributed by atoms with Crippen molar-refractivity contribution in [3.63, 3.8) is 0 Å². The van der Waals surface area contributed by atoms with Gasteiger partial charge in [0.25, 0.3) is 5.91 Å². The van der Waals surface area contributed by atoms with Gasteiger partial charge in [-0.25, -0.2) is 10.3 Å². The summed E-state index contributed by atoms with van der Waals surface area (Å²) in [7, 11) is 0. The van der Waals surface area contributed by atoms with E-state index >= 15 is 0 Å². The third kappa shape index (κ3) is 8.29. The van der Waals surface area contributed by atoms with Crippen LogP contribution in [-0.4, -0.2) is 60.8 Å². The highest BCUT2D eigenvalue weighted by Crippen LogP contribution is 2.24. The third-order valence-corrected chi connectivity index (χ3v) is 4.13. The molecule has 10 nitrogen and oxygen atoms in total. The molecule has 0 fully saturated rings. The number of ether oxygens (including phenoxy) is 2. The zero-order valence-electron chi connectivity index (χ0n) is 17.3. The average Bonchev–Trinajstić information content (AvgIpc) is 2.73. The van der Waals surface area contributed by atoms with Gasteiger partial charge in [0.2, 0.25) is 6.41 Å². The van der Waals surface area contributed by atoms with Crippen LogP contribution in [0, 0.1) is 12.3 Å². The highest BCUT2D eigenvalue weighted by Gasteiger charge is 2.32. The maximum absolute atomic E-state index is 13.4. The fourth-order valence-corrected chi connectivity index (χ4v) is 2.85. The van der Waals surface area contributed by atoms with E-state index < -0.39 is 30.6 Å². The number of terminal acetylenes is 1. The van der Waals surface area contributed by atoms with Crippen LogP contribution in [0.5, 0.6) is 5.75 Å². The summed E-state index contributed by atoms with van der Waals surface area (Å²) in [5.41, 5.74) is 2.64. The normalized spacial score (nSPS) is 11.0. The van der Waals surface area contributed by atoms with Gasteiger partial charge in [0.15, 0.2) is 0 Å². The molecule has 1 aromatic rings. The van der Waals surface area contributed by atoms with Gasteiger partial charge in [0.05, 0.1) is 18.7 Å². The Morgan fingerprint density at radius 2 is 2.10 bits per heavy atom. The van der Waals surface area contributed by atoms with Gasteiger partial charge in [0, 0.05) is 19.2 Å². The van der Waals surface area contributed by atoms with Crippen molar-refractivity contribution in [1.82, 2.24) is 15.7 Å². The van der Waals surface area contributed by atoms with Crippen LogP contribution in [0.1, 0.15) is 29.8 Å². The SMILES string of the molecule is C#CCNCc1ccc(OC(C)=O)c(C(=O)N(CONC=O)C(CS)C(=O)OCC)c1. The summed E-state index contributed by atoms with van der Waals surface area (Å²) in [4.78, 5) is 53.7. The minimum Gasteiger partial charge on any atom is -0.464 e. The maximum Gasteiger partial charge on any atom is 0.329 e. The fourth-order valence-electron chi connectivity index (χ4n) is 2.50. The molecule has 31 heavy (non-hydrogen) atoms. The van der Waals surface area contributed by atoms with Crippen LogP contribution < -0.4 is 15.5 Å². The van der Waals surface area contributed by atoms with E-state index in [9.17, 15) is 19.2 Å². The number of hydrogen-bond acceptors (Lipinski definition) is 9. The Bertz CT molecular complexity index is 825. The van der Waals surface area contributed by atoms with Gasteiger partial charge >= 0.3 is 11.9 Å². The second kappa shape index (κ2) is 14.0. The number of rotatable bonds is 13. The van der Waals surface area contributed by atoms with Crippen molar-refractivity contribution in [2.24, 2.45) is 0 Å². The Morgan fingerprint density at radius 3 is 2.68 bits per heavy atom. The zero-order valence-corrected chi connectivity index (χ0v) is 18.1. The van der Waals surface area contributed by atoms with E-state index in [1.165, 1.54) is 19.1 Å². The summed E-state index contributed by atoms with van der Waals surface area (Å²) in [5.74, 6) is 0.314. The Balaban J connectivity index is 3.36. The Morgan fingerprint density at radius 1 is 1.35 bits per heavy atom. The molecule has 168 valence electrons. The first-order chi connectivity index (χ1) is 14.9. The molecule has 1 atom stereocenters. The van der Waals surface area contributed by atoms with Crippen LogP contribution in [0.3, 0.4) is 0 Å². The molecule has 0 heterocycles. The number of nitrogens with zero attached hydrogens (tertiary/aromatic N) is 1. The molecule has 0 aromatic heterocycles. The number of carbonyl (C=O) groups excluding carboxylic acids is 4. The van der Waals surface area contributed by atoms with Gasteiger partial charge in [-0.15, -0.1) is 6.42 Å². The summed E-state index contributed by atoms with van der Waals surface area (Å²) in [6.07, 6.45) is 5.49. The van der Waals surface area contributed by atoms with Crippen molar-refractivity contribution < 1.29 is 33.5 Å². The van der Waals surface area contributed by atoms with E-state index in [2.05, 4.69) is 23.9 Å². The number of benzene rings is 1. The number of hydroxylamine groups is 1. The monoisotopic (exact) mass is 451 g/mol. The van der Waals surface area contributed by atoms with E-state index in [-0.39, 0.29) is 30.1 Å². The summed E-state index contributed by atoms with van der Waals surface area (Å²) < 4.78 is 10.2. The molecule has 0 bridgehead atoms. The lowest BCUT2D eigenvalue weighted by atomic mass is 10.1. The molecule has 0 aliphatic carbocycles. The van der Waals surface area contributed by atoms with Crippen molar-refractivity contribution >= 4 is 36.9 Å². The molecule has 1 aromatic carbocycles. The molecule has 0 aliphatic rings. The molecule has 11 heteroatoms. The lowest BCUT2D eigenvalue weighted by Gasteiger charge is -2.29. The smallest absolute Gasteiger partial charge is 0.329 e.